The Hall–Kier alpha value is -2.83. The molecule has 0 bridgehead atoms. The summed E-state index contributed by atoms with van der Waals surface area (Å²) < 4.78 is 0. The summed E-state index contributed by atoms with van der Waals surface area (Å²) in [5.74, 6) is -1.50. The van der Waals surface area contributed by atoms with E-state index >= 15 is 0 Å². The molecule has 2 aliphatic heterocycles. The average Bonchev–Trinajstić information content (AvgIpc) is 3.23. The highest BCUT2D eigenvalue weighted by Crippen LogP contribution is 2.34. The molecule has 8 heteroatoms. The first kappa shape index (κ1) is 20.4. The second kappa shape index (κ2) is 8.13. The van der Waals surface area contributed by atoms with E-state index in [0.29, 0.717) is 5.56 Å². The summed E-state index contributed by atoms with van der Waals surface area (Å²) in [7, 11) is 0. The normalized spacial score (nSPS) is 18.4. The van der Waals surface area contributed by atoms with E-state index in [0.717, 1.165) is 29.2 Å². The summed E-state index contributed by atoms with van der Waals surface area (Å²) in [4.78, 5) is 40.9. The third-order valence-corrected chi connectivity index (χ3v) is 6.06. The van der Waals surface area contributed by atoms with Gasteiger partial charge in [0.25, 0.3) is 11.8 Å². The third-order valence-electron chi connectivity index (χ3n) is 5.25. The zero-order valence-electron chi connectivity index (χ0n) is 16.2. The smallest absolute Gasteiger partial charge is 0.336 e. The second-order valence-corrected chi connectivity index (χ2v) is 8.06. The largest absolute Gasteiger partial charge is 0.371 e. The Balaban J connectivity index is 1.69. The molecule has 0 radical (unpaired) electrons. The van der Waals surface area contributed by atoms with Crippen molar-refractivity contribution in [3.63, 3.8) is 0 Å². The maximum absolute atomic E-state index is 13.0. The fourth-order valence-electron chi connectivity index (χ4n) is 3.79. The minimum absolute atomic E-state index is 0.0576. The van der Waals surface area contributed by atoms with Crippen molar-refractivity contribution in [3.8, 4) is 0 Å². The molecule has 1 N–H and O–H groups in total. The SMILES string of the molecule is Cc1cc(C=C2C(=O)NC(=O)N(c3cccc(Cl)c3Cl)C2=O)ccc1N1CCCC1. The van der Waals surface area contributed by atoms with Gasteiger partial charge in [-0.2, -0.15) is 0 Å². The highest BCUT2D eigenvalue weighted by Gasteiger charge is 2.38. The van der Waals surface area contributed by atoms with Gasteiger partial charge in [-0.3, -0.25) is 14.9 Å². The van der Waals surface area contributed by atoms with Gasteiger partial charge in [0.1, 0.15) is 5.57 Å². The van der Waals surface area contributed by atoms with Crippen LogP contribution in [-0.4, -0.2) is 30.9 Å². The summed E-state index contributed by atoms with van der Waals surface area (Å²) in [6.45, 7) is 4.05. The molecule has 0 atom stereocenters. The molecular weight excluding hydrogens is 425 g/mol. The van der Waals surface area contributed by atoms with Crippen LogP contribution in [0.5, 0.6) is 0 Å². The summed E-state index contributed by atoms with van der Waals surface area (Å²) >= 11 is 12.2. The minimum Gasteiger partial charge on any atom is -0.371 e. The Bertz CT molecular complexity index is 1090. The van der Waals surface area contributed by atoms with E-state index in [2.05, 4.69) is 10.2 Å². The molecule has 2 fully saturated rings. The monoisotopic (exact) mass is 443 g/mol. The maximum atomic E-state index is 13.0. The summed E-state index contributed by atoms with van der Waals surface area (Å²) in [5.41, 5.74) is 2.86. The molecule has 4 amide bonds. The fraction of sp³-hybridized carbons (Fsp3) is 0.227. The molecule has 0 aromatic heterocycles. The summed E-state index contributed by atoms with van der Waals surface area (Å²) in [6.07, 6.45) is 3.84. The van der Waals surface area contributed by atoms with E-state index in [1.807, 2.05) is 25.1 Å². The number of amides is 4. The molecule has 2 heterocycles. The molecule has 2 aromatic rings. The first-order valence-electron chi connectivity index (χ1n) is 9.58. The van der Waals surface area contributed by atoms with Crippen molar-refractivity contribution in [2.75, 3.05) is 22.9 Å². The van der Waals surface area contributed by atoms with Crippen LogP contribution in [0, 0.1) is 6.92 Å². The first-order valence-corrected chi connectivity index (χ1v) is 10.3. The van der Waals surface area contributed by atoms with E-state index in [-0.39, 0.29) is 21.3 Å². The van der Waals surface area contributed by atoms with E-state index in [1.165, 1.54) is 25.0 Å². The van der Waals surface area contributed by atoms with Crippen LogP contribution in [0.4, 0.5) is 16.2 Å². The molecule has 0 unspecified atom stereocenters. The number of nitrogens with zero attached hydrogens (tertiary/aromatic N) is 2. The lowest BCUT2D eigenvalue weighted by molar-refractivity contribution is -0.122. The number of aryl methyl sites for hydroxylation is 1. The van der Waals surface area contributed by atoms with Gasteiger partial charge < -0.3 is 4.90 Å². The van der Waals surface area contributed by atoms with E-state index in [4.69, 9.17) is 23.2 Å². The summed E-state index contributed by atoms with van der Waals surface area (Å²) in [6, 6.07) is 9.53. The van der Waals surface area contributed by atoms with Crippen LogP contribution in [0.15, 0.2) is 42.0 Å². The highest BCUT2D eigenvalue weighted by molar-refractivity contribution is 6.46. The van der Waals surface area contributed by atoms with Gasteiger partial charge in [0.2, 0.25) is 0 Å². The van der Waals surface area contributed by atoms with Gasteiger partial charge in [-0.15, -0.1) is 0 Å². The standard InChI is InChI=1S/C22H19Cl2N3O3/c1-13-11-14(7-8-17(13)26-9-2-3-10-26)12-15-20(28)25-22(30)27(21(15)29)18-6-4-5-16(23)19(18)24/h4-8,11-12H,2-3,9-10H2,1H3,(H,25,28,30). The predicted octanol–water partition coefficient (Wildman–Crippen LogP) is 4.57. The predicted molar refractivity (Wildman–Crippen MR) is 118 cm³/mol. The Morgan fingerprint density at radius 3 is 2.43 bits per heavy atom. The Morgan fingerprint density at radius 2 is 1.73 bits per heavy atom. The Morgan fingerprint density at radius 1 is 1.00 bits per heavy atom. The number of carbonyl (C=O) groups excluding carboxylic acids is 3. The number of rotatable bonds is 3. The third kappa shape index (κ3) is 3.68. The first-order chi connectivity index (χ1) is 14.4. The Labute approximate surface area is 184 Å². The van der Waals surface area contributed by atoms with Crippen LogP contribution >= 0.6 is 23.2 Å². The number of nitrogens with one attached hydrogen (secondary N) is 1. The van der Waals surface area contributed by atoms with Gasteiger partial charge in [-0.05, 0) is 61.2 Å². The fourth-order valence-corrected chi connectivity index (χ4v) is 4.17. The van der Waals surface area contributed by atoms with Gasteiger partial charge in [0.05, 0.1) is 15.7 Å². The van der Waals surface area contributed by atoms with Crippen LogP contribution in [0.2, 0.25) is 10.0 Å². The van der Waals surface area contributed by atoms with Crippen LogP contribution in [-0.2, 0) is 9.59 Å². The van der Waals surface area contributed by atoms with Crippen LogP contribution in [0.25, 0.3) is 6.08 Å². The molecule has 0 spiro atoms. The zero-order chi connectivity index (χ0) is 21.4. The second-order valence-electron chi connectivity index (χ2n) is 7.27. The molecule has 2 aliphatic rings. The lowest BCUT2D eigenvalue weighted by Crippen LogP contribution is -2.54. The topological polar surface area (TPSA) is 69.7 Å². The molecular formula is C22H19Cl2N3O3. The van der Waals surface area contributed by atoms with Crippen molar-refractivity contribution in [1.82, 2.24) is 5.32 Å². The molecule has 6 nitrogen and oxygen atoms in total. The quantitative estimate of drug-likeness (QED) is 0.557. The zero-order valence-corrected chi connectivity index (χ0v) is 17.8. The lowest BCUT2D eigenvalue weighted by Gasteiger charge is -2.27. The number of carbonyl (C=O) groups is 3. The molecule has 0 aliphatic carbocycles. The van der Waals surface area contributed by atoms with Crippen molar-refractivity contribution in [1.29, 1.82) is 0 Å². The molecule has 154 valence electrons. The molecule has 2 saturated heterocycles. The van der Waals surface area contributed by atoms with Crippen molar-refractivity contribution < 1.29 is 14.4 Å². The van der Waals surface area contributed by atoms with Gasteiger partial charge in [0, 0.05) is 18.8 Å². The minimum atomic E-state index is -0.869. The molecule has 4 rings (SSSR count). The van der Waals surface area contributed by atoms with Gasteiger partial charge in [0.15, 0.2) is 0 Å². The average molecular weight is 444 g/mol. The highest BCUT2D eigenvalue weighted by atomic mass is 35.5. The molecule has 2 aromatic carbocycles. The van der Waals surface area contributed by atoms with E-state index in [9.17, 15) is 14.4 Å². The molecule has 30 heavy (non-hydrogen) atoms. The van der Waals surface area contributed by atoms with E-state index in [1.54, 1.807) is 12.1 Å². The van der Waals surface area contributed by atoms with Gasteiger partial charge in [-0.1, -0.05) is 35.3 Å². The number of urea groups is 1. The Kier molecular flexibility index (Phi) is 5.54. The van der Waals surface area contributed by atoms with Crippen LogP contribution < -0.4 is 15.1 Å². The van der Waals surface area contributed by atoms with Gasteiger partial charge >= 0.3 is 6.03 Å². The van der Waals surface area contributed by atoms with Gasteiger partial charge in [-0.25, -0.2) is 9.69 Å². The van der Waals surface area contributed by atoms with E-state index < -0.39 is 17.8 Å². The van der Waals surface area contributed by atoms with Crippen LogP contribution in [0.1, 0.15) is 24.0 Å². The number of hydrogen-bond acceptors (Lipinski definition) is 4. The molecule has 0 saturated carbocycles. The number of imide groups is 2. The summed E-state index contributed by atoms with van der Waals surface area (Å²) in [5, 5.41) is 2.45. The van der Waals surface area contributed by atoms with Crippen molar-refractivity contribution in [3.05, 3.63) is 63.1 Å². The van der Waals surface area contributed by atoms with Crippen molar-refractivity contribution in [2.45, 2.75) is 19.8 Å². The number of halogens is 2. The van der Waals surface area contributed by atoms with Crippen molar-refractivity contribution >= 4 is 58.5 Å². The number of barbiturate groups is 1. The van der Waals surface area contributed by atoms with Crippen molar-refractivity contribution in [2.24, 2.45) is 0 Å². The lowest BCUT2D eigenvalue weighted by atomic mass is 10.0. The number of benzene rings is 2. The number of hydrogen-bond donors (Lipinski definition) is 1. The number of anilines is 2. The maximum Gasteiger partial charge on any atom is 0.336 e. The van der Waals surface area contributed by atoms with Crippen LogP contribution in [0.3, 0.4) is 0 Å².